The summed E-state index contributed by atoms with van der Waals surface area (Å²) < 4.78 is 36.8. The Hall–Kier alpha value is -1.07. The van der Waals surface area contributed by atoms with Gasteiger partial charge in [-0.3, -0.25) is 0 Å². The largest absolute Gasteiger partial charge is 0.418 e. The lowest BCUT2D eigenvalue weighted by molar-refractivity contribution is -0.250. The highest BCUT2D eigenvalue weighted by atomic mass is 19.4. The fraction of sp³-hybridized carbons (Fsp3) is 0.455. The molecule has 0 aliphatic rings. The Morgan fingerprint density at radius 3 is 2.25 bits per heavy atom. The van der Waals surface area contributed by atoms with E-state index in [4.69, 9.17) is 5.11 Å². The first kappa shape index (κ1) is 13.0. The summed E-state index contributed by atoms with van der Waals surface area (Å²) in [4.78, 5) is 0. The summed E-state index contributed by atoms with van der Waals surface area (Å²) in [5.41, 5.74) is -1.82. The van der Waals surface area contributed by atoms with Gasteiger partial charge < -0.3 is 10.4 Å². The smallest absolute Gasteiger partial charge is 0.380 e. The zero-order valence-electron chi connectivity index (χ0n) is 8.88. The summed E-state index contributed by atoms with van der Waals surface area (Å²) >= 11 is 0. The molecule has 1 rings (SSSR count). The van der Waals surface area contributed by atoms with Gasteiger partial charge in [0.05, 0.1) is 0 Å². The Kier molecular flexibility index (Phi) is 3.93. The maximum atomic E-state index is 12.3. The second-order valence-electron chi connectivity index (χ2n) is 3.86. The van der Waals surface area contributed by atoms with Crippen molar-refractivity contribution < 1.29 is 18.3 Å². The van der Waals surface area contributed by atoms with Crippen molar-refractivity contribution in [2.45, 2.75) is 25.2 Å². The highest BCUT2D eigenvalue weighted by Gasteiger charge is 2.49. The number of aliphatic hydroxyl groups is 1. The molecular weight excluding hydrogens is 219 g/mol. The van der Waals surface area contributed by atoms with Crippen LogP contribution >= 0.6 is 0 Å². The van der Waals surface area contributed by atoms with Crippen LogP contribution in [0.25, 0.3) is 0 Å². The minimum Gasteiger partial charge on any atom is -0.380 e. The van der Waals surface area contributed by atoms with Crippen LogP contribution < -0.4 is 5.32 Å². The molecule has 0 radical (unpaired) electrons. The van der Waals surface area contributed by atoms with E-state index in [1.807, 2.05) is 6.07 Å². The van der Waals surface area contributed by atoms with Gasteiger partial charge in [0.15, 0.2) is 5.60 Å². The van der Waals surface area contributed by atoms with Crippen LogP contribution in [0.4, 0.5) is 13.2 Å². The molecule has 0 aliphatic carbocycles. The average molecular weight is 233 g/mol. The van der Waals surface area contributed by atoms with Crippen molar-refractivity contribution >= 4 is 0 Å². The molecule has 1 aromatic rings. The summed E-state index contributed by atoms with van der Waals surface area (Å²) in [6, 6.07) is 9.04. The van der Waals surface area contributed by atoms with Gasteiger partial charge in [-0.25, -0.2) is 0 Å². The Balaban J connectivity index is 2.42. The zero-order valence-corrected chi connectivity index (χ0v) is 8.88. The summed E-state index contributed by atoms with van der Waals surface area (Å²) in [5.74, 6) is 0. The van der Waals surface area contributed by atoms with Crippen molar-refractivity contribution in [3.63, 3.8) is 0 Å². The van der Waals surface area contributed by atoms with Crippen molar-refractivity contribution in [3.05, 3.63) is 35.9 Å². The van der Waals surface area contributed by atoms with Crippen molar-refractivity contribution in [2.24, 2.45) is 0 Å². The van der Waals surface area contributed by atoms with Gasteiger partial charge in [0.2, 0.25) is 0 Å². The van der Waals surface area contributed by atoms with Crippen LogP contribution in [0.15, 0.2) is 30.3 Å². The van der Waals surface area contributed by atoms with E-state index in [0.29, 0.717) is 6.54 Å². The van der Waals surface area contributed by atoms with Crippen LogP contribution in [0.3, 0.4) is 0 Å². The van der Waals surface area contributed by atoms with Crippen LogP contribution in [0.2, 0.25) is 0 Å². The summed E-state index contributed by atoms with van der Waals surface area (Å²) in [6.07, 6.45) is -4.61. The highest BCUT2D eigenvalue weighted by Crippen LogP contribution is 2.29. The van der Waals surface area contributed by atoms with Crippen LogP contribution in [-0.4, -0.2) is 23.4 Å². The maximum Gasteiger partial charge on any atom is 0.418 e. The van der Waals surface area contributed by atoms with Gasteiger partial charge in [0.25, 0.3) is 0 Å². The van der Waals surface area contributed by atoms with E-state index in [2.05, 4.69) is 5.32 Å². The Morgan fingerprint density at radius 1 is 1.19 bits per heavy atom. The molecule has 0 aromatic heterocycles. The summed E-state index contributed by atoms with van der Waals surface area (Å²) in [5, 5.41) is 11.7. The van der Waals surface area contributed by atoms with Crippen molar-refractivity contribution in [2.75, 3.05) is 6.54 Å². The molecule has 0 fully saturated rings. The lowest BCUT2D eigenvalue weighted by Gasteiger charge is -2.26. The van der Waals surface area contributed by atoms with Gasteiger partial charge in [-0.1, -0.05) is 30.3 Å². The van der Waals surface area contributed by atoms with E-state index in [-0.39, 0.29) is 0 Å². The molecule has 0 unspecified atom stereocenters. The van der Waals surface area contributed by atoms with E-state index in [1.54, 1.807) is 24.3 Å². The van der Waals surface area contributed by atoms with E-state index in [1.165, 1.54) is 0 Å². The predicted octanol–water partition coefficient (Wildman–Crippen LogP) is 2.09. The maximum absolute atomic E-state index is 12.3. The predicted molar refractivity (Wildman–Crippen MR) is 54.8 cm³/mol. The van der Waals surface area contributed by atoms with Gasteiger partial charge in [-0.2, -0.15) is 13.2 Å². The monoisotopic (exact) mass is 233 g/mol. The van der Waals surface area contributed by atoms with E-state index in [0.717, 1.165) is 12.5 Å². The first-order valence-corrected chi connectivity index (χ1v) is 4.87. The quantitative estimate of drug-likeness (QED) is 0.834. The minimum atomic E-state index is -4.61. The van der Waals surface area contributed by atoms with Crippen molar-refractivity contribution in [1.82, 2.24) is 5.32 Å². The lowest BCUT2D eigenvalue weighted by atomic mass is 10.1. The zero-order chi connectivity index (χ0) is 12.2. The highest BCUT2D eigenvalue weighted by molar-refractivity contribution is 5.14. The van der Waals surface area contributed by atoms with Gasteiger partial charge in [0, 0.05) is 13.1 Å². The topological polar surface area (TPSA) is 32.3 Å². The molecule has 0 heterocycles. The molecule has 0 saturated carbocycles. The van der Waals surface area contributed by atoms with Gasteiger partial charge in [-0.05, 0) is 12.5 Å². The van der Waals surface area contributed by atoms with Crippen LogP contribution in [0.1, 0.15) is 12.5 Å². The molecular formula is C11H14F3NO. The number of nitrogens with one attached hydrogen (secondary N) is 1. The normalized spacial score (nSPS) is 15.8. The molecule has 0 saturated heterocycles. The molecule has 1 atom stereocenters. The van der Waals surface area contributed by atoms with E-state index < -0.39 is 18.3 Å². The third-order valence-electron chi connectivity index (χ3n) is 2.25. The van der Waals surface area contributed by atoms with E-state index in [9.17, 15) is 13.2 Å². The Labute approximate surface area is 92.1 Å². The first-order valence-electron chi connectivity index (χ1n) is 4.87. The SMILES string of the molecule is C[C@](O)(CNCc1ccccc1)C(F)(F)F. The van der Waals surface area contributed by atoms with Gasteiger partial charge in [-0.15, -0.1) is 0 Å². The van der Waals surface area contributed by atoms with Crippen LogP contribution in [0, 0.1) is 0 Å². The fourth-order valence-electron chi connectivity index (χ4n) is 1.15. The van der Waals surface area contributed by atoms with Gasteiger partial charge >= 0.3 is 6.18 Å². The second kappa shape index (κ2) is 4.84. The summed E-state index contributed by atoms with van der Waals surface area (Å²) in [6.45, 7) is 0.531. The number of hydrogen-bond donors (Lipinski definition) is 2. The molecule has 90 valence electrons. The number of rotatable bonds is 4. The van der Waals surface area contributed by atoms with Gasteiger partial charge in [0.1, 0.15) is 0 Å². The second-order valence-corrected chi connectivity index (χ2v) is 3.86. The molecule has 1 aromatic carbocycles. The molecule has 0 aliphatic heterocycles. The Morgan fingerprint density at radius 2 is 1.75 bits per heavy atom. The molecule has 2 N–H and O–H groups in total. The fourth-order valence-corrected chi connectivity index (χ4v) is 1.15. The minimum absolute atomic E-state index is 0.299. The standard InChI is InChI=1S/C11H14F3NO/c1-10(16,11(12,13)14)8-15-7-9-5-3-2-4-6-9/h2-6,15-16H,7-8H2,1H3/t10-/m0/s1. The number of halogens is 3. The summed E-state index contributed by atoms with van der Waals surface area (Å²) in [7, 11) is 0. The first-order chi connectivity index (χ1) is 7.33. The molecule has 0 amide bonds. The number of hydrogen-bond acceptors (Lipinski definition) is 2. The molecule has 5 heteroatoms. The molecule has 0 bridgehead atoms. The third-order valence-corrected chi connectivity index (χ3v) is 2.25. The van der Waals surface area contributed by atoms with Crippen LogP contribution in [-0.2, 0) is 6.54 Å². The molecule has 0 spiro atoms. The van der Waals surface area contributed by atoms with E-state index >= 15 is 0 Å². The number of alkyl halides is 3. The van der Waals surface area contributed by atoms with Crippen LogP contribution in [0.5, 0.6) is 0 Å². The van der Waals surface area contributed by atoms with Crippen molar-refractivity contribution in [1.29, 1.82) is 0 Å². The Bertz CT molecular complexity index is 322. The third kappa shape index (κ3) is 3.50. The molecule has 16 heavy (non-hydrogen) atoms. The number of benzene rings is 1. The lowest BCUT2D eigenvalue weighted by Crippen LogP contribution is -2.49. The molecule has 2 nitrogen and oxygen atoms in total. The average Bonchev–Trinajstić information content (AvgIpc) is 2.17. The van der Waals surface area contributed by atoms with Crippen molar-refractivity contribution in [3.8, 4) is 0 Å².